The maximum absolute atomic E-state index is 12.0. The minimum Gasteiger partial charge on any atom is -0.462 e. The first-order chi connectivity index (χ1) is 8.43. The molecule has 0 saturated heterocycles. The number of aromatic nitrogens is 1. The van der Waals surface area contributed by atoms with Gasteiger partial charge in [0.1, 0.15) is 0 Å². The summed E-state index contributed by atoms with van der Waals surface area (Å²) in [4.78, 5) is 23.9. The SMILES string of the molecule is CCOC(=O)c1cc(CN)c(=O)n(C)c1C(C)C. The summed E-state index contributed by atoms with van der Waals surface area (Å²) in [7, 11) is 1.65. The number of pyridine rings is 1. The summed E-state index contributed by atoms with van der Waals surface area (Å²) in [6.07, 6.45) is 0. The van der Waals surface area contributed by atoms with Crippen LogP contribution in [0.1, 0.15) is 48.3 Å². The number of hydrogen-bond donors (Lipinski definition) is 1. The van der Waals surface area contributed by atoms with Crippen molar-refractivity contribution in [1.82, 2.24) is 4.57 Å². The third-order valence-corrected chi connectivity index (χ3v) is 2.80. The predicted octanol–water partition coefficient (Wildman–Crippen LogP) is 1.14. The molecular weight excluding hydrogens is 232 g/mol. The molecule has 5 nitrogen and oxygen atoms in total. The average molecular weight is 252 g/mol. The first-order valence-corrected chi connectivity index (χ1v) is 6.04. The van der Waals surface area contributed by atoms with Crippen molar-refractivity contribution in [3.8, 4) is 0 Å². The van der Waals surface area contributed by atoms with Crippen LogP contribution in [0.3, 0.4) is 0 Å². The number of carbonyl (C=O) groups is 1. The highest BCUT2D eigenvalue weighted by Gasteiger charge is 2.20. The Morgan fingerprint density at radius 1 is 1.50 bits per heavy atom. The number of esters is 1. The Kier molecular flexibility index (Phi) is 4.67. The molecule has 0 fully saturated rings. The second-order valence-electron chi connectivity index (χ2n) is 4.41. The molecule has 0 unspecified atom stereocenters. The van der Waals surface area contributed by atoms with Crippen LogP contribution in [-0.2, 0) is 18.3 Å². The molecule has 0 aliphatic carbocycles. The van der Waals surface area contributed by atoms with Crippen molar-refractivity contribution in [2.24, 2.45) is 12.8 Å². The van der Waals surface area contributed by atoms with E-state index in [4.69, 9.17) is 10.5 Å². The van der Waals surface area contributed by atoms with Crippen molar-refractivity contribution in [2.75, 3.05) is 6.61 Å². The fourth-order valence-corrected chi connectivity index (χ4v) is 2.03. The topological polar surface area (TPSA) is 74.3 Å². The van der Waals surface area contributed by atoms with Crippen LogP contribution in [0.2, 0.25) is 0 Å². The summed E-state index contributed by atoms with van der Waals surface area (Å²) in [6, 6.07) is 1.55. The highest BCUT2D eigenvalue weighted by atomic mass is 16.5. The molecule has 2 N–H and O–H groups in total. The molecule has 100 valence electrons. The van der Waals surface area contributed by atoms with Crippen molar-refractivity contribution in [3.05, 3.63) is 33.2 Å². The lowest BCUT2D eigenvalue weighted by Crippen LogP contribution is -2.29. The molecule has 0 atom stereocenters. The molecule has 0 spiro atoms. The fourth-order valence-electron chi connectivity index (χ4n) is 2.03. The molecular formula is C13H20N2O3. The van der Waals surface area contributed by atoms with E-state index in [-0.39, 0.29) is 18.0 Å². The normalized spacial score (nSPS) is 10.8. The van der Waals surface area contributed by atoms with E-state index < -0.39 is 5.97 Å². The zero-order chi connectivity index (χ0) is 13.9. The van der Waals surface area contributed by atoms with E-state index in [2.05, 4.69) is 0 Å². The van der Waals surface area contributed by atoms with Crippen LogP contribution in [-0.4, -0.2) is 17.1 Å². The lowest BCUT2D eigenvalue weighted by atomic mass is 10.0. The van der Waals surface area contributed by atoms with Crippen LogP contribution < -0.4 is 11.3 Å². The molecule has 5 heteroatoms. The van der Waals surface area contributed by atoms with Crippen LogP contribution >= 0.6 is 0 Å². The standard InChI is InChI=1S/C13H20N2O3/c1-5-18-13(17)10-6-9(7-14)12(16)15(4)11(10)8(2)3/h6,8H,5,7,14H2,1-4H3. The summed E-state index contributed by atoms with van der Waals surface area (Å²) in [6.45, 7) is 6.02. The maximum atomic E-state index is 12.0. The van der Waals surface area contributed by atoms with Gasteiger partial charge in [0, 0.05) is 24.8 Å². The second-order valence-corrected chi connectivity index (χ2v) is 4.41. The maximum Gasteiger partial charge on any atom is 0.339 e. The third-order valence-electron chi connectivity index (χ3n) is 2.80. The molecule has 1 aromatic rings. The van der Waals surface area contributed by atoms with E-state index in [0.717, 1.165) is 0 Å². The van der Waals surface area contributed by atoms with Gasteiger partial charge in [-0.1, -0.05) is 13.8 Å². The van der Waals surface area contributed by atoms with Crippen LogP contribution in [0.5, 0.6) is 0 Å². The summed E-state index contributed by atoms with van der Waals surface area (Å²) < 4.78 is 6.50. The molecule has 0 bridgehead atoms. The fraction of sp³-hybridized carbons (Fsp3) is 0.538. The Hall–Kier alpha value is -1.62. The van der Waals surface area contributed by atoms with Gasteiger partial charge in [-0.05, 0) is 18.9 Å². The first-order valence-electron chi connectivity index (χ1n) is 6.04. The van der Waals surface area contributed by atoms with E-state index >= 15 is 0 Å². The van der Waals surface area contributed by atoms with Gasteiger partial charge in [-0.2, -0.15) is 0 Å². The molecule has 0 radical (unpaired) electrons. The van der Waals surface area contributed by atoms with Gasteiger partial charge in [-0.25, -0.2) is 4.79 Å². The zero-order valence-corrected chi connectivity index (χ0v) is 11.3. The quantitative estimate of drug-likeness (QED) is 0.815. The van der Waals surface area contributed by atoms with Crippen LogP contribution in [0, 0.1) is 0 Å². The minimum absolute atomic E-state index is 0.0499. The molecule has 0 saturated carbocycles. The van der Waals surface area contributed by atoms with E-state index in [1.807, 2.05) is 13.8 Å². The second kappa shape index (κ2) is 5.82. The van der Waals surface area contributed by atoms with Crippen LogP contribution in [0.25, 0.3) is 0 Å². The summed E-state index contributed by atoms with van der Waals surface area (Å²) in [5, 5.41) is 0. The molecule has 0 amide bonds. The van der Waals surface area contributed by atoms with Crippen molar-refractivity contribution in [3.63, 3.8) is 0 Å². The monoisotopic (exact) mass is 252 g/mol. The van der Waals surface area contributed by atoms with Crippen LogP contribution in [0.15, 0.2) is 10.9 Å². The van der Waals surface area contributed by atoms with E-state index in [9.17, 15) is 9.59 Å². The smallest absolute Gasteiger partial charge is 0.339 e. The van der Waals surface area contributed by atoms with Gasteiger partial charge in [0.05, 0.1) is 12.2 Å². The molecule has 18 heavy (non-hydrogen) atoms. The highest BCUT2D eigenvalue weighted by Crippen LogP contribution is 2.19. The van der Waals surface area contributed by atoms with Crippen molar-refractivity contribution < 1.29 is 9.53 Å². The van der Waals surface area contributed by atoms with Gasteiger partial charge in [0.2, 0.25) is 0 Å². The molecule has 1 heterocycles. The van der Waals surface area contributed by atoms with Crippen LogP contribution in [0.4, 0.5) is 0 Å². The Morgan fingerprint density at radius 3 is 2.56 bits per heavy atom. The summed E-state index contributed by atoms with van der Waals surface area (Å²) in [5.74, 6) is -0.361. The third kappa shape index (κ3) is 2.61. The summed E-state index contributed by atoms with van der Waals surface area (Å²) >= 11 is 0. The zero-order valence-electron chi connectivity index (χ0n) is 11.3. The van der Waals surface area contributed by atoms with Gasteiger partial charge in [-0.3, -0.25) is 4.79 Å². The van der Waals surface area contributed by atoms with Gasteiger partial charge < -0.3 is 15.0 Å². The Bertz CT molecular complexity index is 504. The Labute approximate surface area is 107 Å². The first kappa shape index (κ1) is 14.4. The van der Waals surface area contributed by atoms with Crippen molar-refractivity contribution in [1.29, 1.82) is 0 Å². The highest BCUT2D eigenvalue weighted by molar-refractivity contribution is 5.91. The number of carbonyl (C=O) groups excluding carboxylic acids is 1. The van der Waals surface area contributed by atoms with Gasteiger partial charge >= 0.3 is 5.97 Å². The number of rotatable bonds is 4. The molecule has 0 aliphatic rings. The molecule has 1 aromatic heterocycles. The van der Waals surface area contributed by atoms with Crippen molar-refractivity contribution in [2.45, 2.75) is 33.2 Å². The number of ether oxygens (including phenoxy) is 1. The predicted molar refractivity (Wildman–Crippen MR) is 69.6 cm³/mol. The lowest BCUT2D eigenvalue weighted by molar-refractivity contribution is 0.0523. The number of hydrogen-bond acceptors (Lipinski definition) is 4. The number of nitrogens with two attached hydrogens (primary N) is 1. The Balaban J connectivity index is 3.52. The Morgan fingerprint density at radius 2 is 2.11 bits per heavy atom. The van der Waals surface area contributed by atoms with E-state index in [0.29, 0.717) is 23.4 Å². The minimum atomic E-state index is -0.411. The van der Waals surface area contributed by atoms with Crippen molar-refractivity contribution >= 4 is 5.97 Å². The van der Waals surface area contributed by atoms with Gasteiger partial charge in [-0.15, -0.1) is 0 Å². The van der Waals surface area contributed by atoms with E-state index in [1.54, 1.807) is 20.0 Å². The molecule has 0 aliphatic heterocycles. The number of nitrogens with zero attached hydrogens (tertiary/aromatic N) is 1. The molecule has 1 rings (SSSR count). The van der Waals surface area contributed by atoms with Gasteiger partial charge in [0.15, 0.2) is 0 Å². The lowest BCUT2D eigenvalue weighted by Gasteiger charge is -2.17. The van der Waals surface area contributed by atoms with Gasteiger partial charge in [0.25, 0.3) is 5.56 Å². The summed E-state index contributed by atoms with van der Waals surface area (Å²) in [5.41, 5.74) is 6.89. The average Bonchev–Trinajstić information content (AvgIpc) is 2.31. The largest absolute Gasteiger partial charge is 0.462 e. The van der Waals surface area contributed by atoms with E-state index in [1.165, 1.54) is 4.57 Å². The molecule has 0 aromatic carbocycles.